The third-order valence-electron chi connectivity index (χ3n) is 2.12. The lowest BCUT2D eigenvalue weighted by atomic mass is 10.3. The maximum absolute atomic E-state index is 11.5. The van der Waals surface area contributed by atoms with Crippen LogP contribution in [-0.4, -0.2) is 42.4 Å². The van der Waals surface area contributed by atoms with E-state index in [0.29, 0.717) is 11.7 Å². The molecular weight excluding hydrogens is 270 g/mol. The van der Waals surface area contributed by atoms with Gasteiger partial charge in [-0.15, -0.1) is 10.2 Å². The Bertz CT molecular complexity index is 422. The molecule has 1 amide bonds. The second kappa shape index (κ2) is 8.54. The fourth-order valence-electron chi connectivity index (χ4n) is 1.16. The molecule has 0 spiro atoms. The van der Waals surface area contributed by atoms with Crippen molar-refractivity contribution in [2.75, 3.05) is 25.6 Å². The number of ether oxygens (including phenoxy) is 2. The van der Waals surface area contributed by atoms with Crippen LogP contribution in [0.25, 0.3) is 0 Å². The quantitative estimate of drug-likeness (QED) is 0.567. The van der Waals surface area contributed by atoms with Crippen LogP contribution < -0.4 is 5.32 Å². The maximum Gasteiger partial charge on any atom is 0.306 e. The van der Waals surface area contributed by atoms with E-state index in [1.54, 1.807) is 0 Å². The molecule has 0 aliphatic rings. The van der Waals surface area contributed by atoms with Crippen molar-refractivity contribution in [3.63, 3.8) is 0 Å². The first-order valence-corrected chi connectivity index (χ1v) is 6.74. The van der Waals surface area contributed by atoms with Crippen molar-refractivity contribution >= 4 is 28.3 Å². The number of nitrogens with zero attached hydrogens (tertiary/aromatic N) is 2. The lowest BCUT2D eigenvalue weighted by Crippen LogP contribution is -2.15. The molecule has 0 fully saturated rings. The van der Waals surface area contributed by atoms with E-state index in [9.17, 15) is 9.59 Å². The molecular formula is C11H17N3O4S. The Morgan fingerprint density at radius 3 is 2.68 bits per heavy atom. The van der Waals surface area contributed by atoms with Gasteiger partial charge in [0.25, 0.3) is 0 Å². The van der Waals surface area contributed by atoms with Gasteiger partial charge in [0.2, 0.25) is 11.0 Å². The van der Waals surface area contributed by atoms with E-state index in [1.165, 1.54) is 18.4 Å². The molecule has 0 radical (unpaired) electrons. The highest BCUT2D eigenvalue weighted by Crippen LogP contribution is 2.15. The Kier molecular flexibility index (Phi) is 6.98. The molecule has 7 nitrogen and oxygen atoms in total. The third-order valence-corrected chi connectivity index (χ3v) is 3.11. The average Bonchev–Trinajstić information content (AvgIpc) is 2.84. The van der Waals surface area contributed by atoms with Gasteiger partial charge in [-0.05, 0) is 6.42 Å². The van der Waals surface area contributed by atoms with Crippen molar-refractivity contribution in [3.05, 3.63) is 5.01 Å². The smallest absolute Gasteiger partial charge is 0.306 e. The first-order valence-electron chi connectivity index (χ1n) is 5.92. The minimum absolute atomic E-state index is 0.0367. The zero-order chi connectivity index (χ0) is 14.1. The van der Waals surface area contributed by atoms with E-state index in [0.717, 1.165) is 11.4 Å². The van der Waals surface area contributed by atoms with Crippen LogP contribution in [0.3, 0.4) is 0 Å². The summed E-state index contributed by atoms with van der Waals surface area (Å²) in [5, 5.41) is 11.6. The monoisotopic (exact) mass is 287 g/mol. The molecule has 0 aliphatic heterocycles. The normalized spacial score (nSPS) is 10.2. The van der Waals surface area contributed by atoms with Gasteiger partial charge >= 0.3 is 5.97 Å². The number of carbonyl (C=O) groups excluding carboxylic acids is 2. The molecule has 0 bridgehead atoms. The summed E-state index contributed by atoms with van der Waals surface area (Å²) in [7, 11) is 1.52. The van der Waals surface area contributed by atoms with Gasteiger partial charge in [-0.2, -0.15) is 0 Å². The van der Waals surface area contributed by atoms with E-state index in [1.807, 2.05) is 6.92 Å². The zero-order valence-corrected chi connectivity index (χ0v) is 11.8. The molecule has 1 rings (SSSR count). The van der Waals surface area contributed by atoms with Crippen molar-refractivity contribution in [2.24, 2.45) is 0 Å². The predicted molar refractivity (Wildman–Crippen MR) is 70.0 cm³/mol. The molecule has 0 saturated heterocycles. The molecule has 1 aromatic heterocycles. The SMILES string of the molecule is CCc1nnc(NC(=O)CCC(=O)OCCOC)s1. The summed E-state index contributed by atoms with van der Waals surface area (Å²) >= 11 is 1.33. The summed E-state index contributed by atoms with van der Waals surface area (Å²) in [5.74, 6) is -0.693. The van der Waals surface area contributed by atoms with Crippen LogP contribution in [0.15, 0.2) is 0 Å². The van der Waals surface area contributed by atoms with Crippen molar-refractivity contribution in [3.8, 4) is 0 Å². The van der Waals surface area contributed by atoms with E-state index >= 15 is 0 Å². The number of hydrogen-bond donors (Lipinski definition) is 1. The molecule has 1 aromatic rings. The molecule has 1 N–H and O–H groups in total. The van der Waals surface area contributed by atoms with Gasteiger partial charge in [0.15, 0.2) is 0 Å². The standard InChI is InChI=1S/C11H17N3O4S/c1-3-9-13-14-11(19-9)12-8(15)4-5-10(16)18-7-6-17-2/h3-7H2,1-2H3,(H,12,14,15). The molecule has 0 unspecified atom stereocenters. The van der Waals surface area contributed by atoms with Gasteiger partial charge in [0, 0.05) is 13.5 Å². The van der Waals surface area contributed by atoms with E-state index in [4.69, 9.17) is 9.47 Å². The Morgan fingerprint density at radius 2 is 2.05 bits per heavy atom. The van der Waals surface area contributed by atoms with Gasteiger partial charge < -0.3 is 14.8 Å². The fraction of sp³-hybridized carbons (Fsp3) is 0.636. The highest BCUT2D eigenvalue weighted by molar-refractivity contribution is 7.15. The highest BCUT2D eigenvalue weighted by atomic mass is 32.1. The summed E-state index contributed by atoms with van der Waals surface area (Å²) in [6, 6.07) is 0. The van der Waals surface area contributed by atoms with Crippen molar-refractivity contribution < 1.29 is 19.1 Å². The van der Waals surface area contributed by atoms with Crippen LogP contribution in [0.1, 0.15) is 24.8 Å². The summed E-state index contributed by atoms with van der Waals surface area (Å²) in [6.45, 7) is 2.51. The molecule has 1 heterocycles. The summed E-state index contributed by atoms with van der Waals surface area (Å²) in [4.78, 5) is 22.8. The average molecular weight is 287 g/mol. The molecule has 19 heavy (non-hydrogen) atoms. The highest BCUT2D eigenvalue weighted by Gasteiger charge is 2.10. The van der Waals surface area contributed by atoms with Crippen LogP contribution in [0, 0.1) is 0 Å². The van der Waals surface area contributed by atoms with Gasteiger partial charge in [0.1, 0.15) is 11.6 Å². The molecule has 0 saturated carbocycles. The number of methoxy groups -OCH3 is 1. The van der Waals surface area contributed by atoms with Crippen LogP contribution in [0.4, 0.5) is 5.13 Å². The molecule has 0 aromatic carbocycles. The second-order valence-corrected chi connectivity index (χ2v) is 4.68. The van der Waals surface area contributed by atoms with E-state index < -0.39 is 5.97 Å². The first-order chi connectivity index (χ1) is 9.15. The first kappa shape index (κ1) is 15.5. The summed E-state index contributed by atoms with van der Waals surface area (Å²) < 4.78 is 9.57. The number of carbonyl (C=O) groups is 2. The van der Waals surface area contributed by atoms with Crippen molar-refractivity contribution in [1.82, 2.24) is 10.2 Å². The zero-order valence-electron chi connectivity index (χ0n) is 11.0. The van der Waals surface area contributed by atoms with Crippen molar-refractivity contribution in [1.29, 1.82) is 0 Å². The predicted octanol–water partition coefficient (Wildman–Crippen LogP) is 1.01. The van der Waals surface area contributed by atoms with E-state index in [-0.39, 0.29) is 25.4 Å². The summed E-state index contributed by atoms with van der Waals surface area (Å²) in [5.41, 5.74) is 0. The fourth-order valence-corrected chi connectivity index (χ4v) is 1.85. The lowest BCUT2D eigenvalue weighted by Gasteiger charge is -2.03. The van der Waals surface area contributed by atoms with Gasteiger partial charge in [0.05, 0.1) is 13.0 Å². The van der Waals surface area contributed by atoms with Crippen molar-refractivity contribution in [2.45, 2.75) is 26.2 Å². The van der Waals surface area contributed by atoms with Crippen LogP contribution in [0.5, 0.6) is 0 Å². The van der Waals surface area contributed by atoms with Crippen LogP contribution >= 0.6 is 11.3 Å². The van der Waals surface area contributed by atoms with Gasteiger partial charge in [-0.3, -0.25) is 9.59 Å². The number of rotatable bonds is 8. The molecule has 8 heteroatoms. The van der Waals surface area contributed by atoms with Crippen LogP contribution in [-0.2, 0) is 25.5 Å². The Morgan fingerprint density at radius 1 is 1.26 bits per heavy atom. The molecule has 106 valence electrons. The molecule has 0 aliphatic carbocycles. The van der Waals surface area contributed by atoms with Crippen LogP contribution in [0.2, 0.25) is 0 Å². The Balaban J connectivity index is 2.22. The van der Waals surface area contributed by atoms with E-state index in [2.05, 4.69) is 15.5 Å². The maximum atomic E-state index is 11.5. The van der Waals surface area contributed by atoms with Gasteiger partial charge in [-0.1, -0.05) is 18.3 Å². The Labute approximate surface area is 115 Å². The topological polar surface area (TPSA) is 90.4 Å². The number of amides is 1. The summed E-state index contributed by atoms with van der Waals surface area (Å²) in [6.07, 6.45) is 0.876. The number of anilines is 1. The Hall–Kier alpha value is -1.54. The number of aromatic nitrogens is 2. The minimum atomic E-state index is -0.418. The number of aryl methyl sites for hydroxylation is 1. The largest absolute Gasteiger partial charge is 0.463 e. The number of nitrogens with one attached hydrogen (secondary N) is 1. The number of esters is 1. The lowest BCUT2D eigenvalue weighted by molar-refractivity contribution is -0.145. The second-order valence-electron chi connectivity index (χ2n) is 3.62. The third kappa shape index (κ3) is 6.25. The number of hydrogen-bond acceptors (Lipinski definition) is 7. The minimum Gasteiger partial charge on any atom is -0.463 e. The van der Waals surface area contributed by atoms with Gasteiger partial charge in [-0.25, -0.2) is 0 Å². The molecule has 0 atom stereocenters.